The summed E-state index contributed by atoms with van der Waals surface area (Å²) in [5.41, 5.74) is 0. The Bertz CT molecular complexity index is 116. The fraction of sp³-hybridized carbons (Fsp3) is 0.833. The molecule has 0 saturated carbocycles. The first-order chi connectivity index (χ1) is 4.30. The van der Waals surface area contributed by atoms with Gasteiger partial charge in [0.05, 0.1) is 4.83 Å². The number of carbonyl (C=O) groups is 1. The van der Waals surface area contributed by atoms with E-state index in [-0.39, 0.29) is 10.7 Å². The highest BCUT2D eigenvalue weighted by atomic mass is 79.9. The number of amides is 1. The second kappa shape index (κ2) is 3.20. The molecule has 1 N–H and O–H groups in total. The van der Waals surface area contributed by atoms with E-state index >= 15 is 0 Å². The lowest BCUT2D eigenvalue weighted by Gasteiger charge is -2.01. The Morgan fingerprint density at radius 1 is 1.56 bits per heavy atom. The van der Waals surface area contributed by atoms with Crippen molar-refractivity contribution in [2.45, 2.75) is 24.1 Å². The summed E-state index contributed by atoms with van der Waals surface area (Å²) in [5.74, 6) is 0.146. The Labute approximate surface area is 63.1 Å². The zero-order chi connectivity index (χ0) is 6.69. The average Bonchev–Trinajstić information content (AvgIpc) is 1.99. The van der Waals surface area contributed by atoms with Crippen LogP contribution in [-0.4, -0.2) is 17.3 Å². The quantitative estimate of drug-likeness (QED) is 0.571. The third-order valence-corrected chi connectivity index (χ3v) is 2.34. The van der Waals surface area contributed by atoms with Crippen LogP contribution in [0.4, 0.5) is 0 Å². The highest BCUT2D eigenvalue weighted by Gasteiger charge is 2.15. The van der Waals surface area contributed by atoms with Crippen molar-refractivity contribution in [3.63, 3.8) is 0 Å². The Hall–Kier alpha value is -0.0500. The maximum Gasteiger partial charge on any atom is 0.233 e. The molecule has 1 aliphatic heterocycles. The lowest BCUT2D eigenvalue weighted by molar-refractivity contribution is -0.120. The van der Waals surface area contributed by atoms with Crippen LogP contribution in [0.2, 0.25) is 0 Å². The van der Waals surface area contributed by atoms with Crippen LogP contribution in [0.15, 0.2) is 0 Å². The third-order valence-electron chi connectivity index (χ3n) is 1.47. The van der Waals surface area contributed by atoms with Crippen LogP contribution < -0.4 is 5.32 Å². The molecule has 1 rings (SSSR count). The largest absolute Gasteiger partial charge is 0.355 e. The van der Waals surface area contributed by atoms with Crippen LogP contribution in [0.5, 0.6) is 0 Å². The molecule has 1 amide bonds. The van der Waals surface area contributed by atoms with E-state index in [9.17, 15) is 4.79 Å². The molecule has 0 bridgehead atoms. The summed E-state index contributed by atoms with van der Waals surface area (Å²) in [6.45, 7) is 0.848. The lowest BCUT2D eigenvalue weighted by Crippen LogP contribution is -2.28. The van der Waals surface area contributed by atoms with E-state index in [2.05, 4.69) is 21.2 Å². The molecule has 3 heteroatoms. The van der Waals surface area contributed by atoms with Gasteiger partial charge >= 0.3 is 0 Å². The SMILES string of the molecule is O=C1NCCCC[C@H]1Br. The van der Waals surface area contributed by atoms with Crippen molar-refractivity contribution >= 4 is 21.8 Å². The van der Waals surface area contributed by atoms with Gasteiger partial charge in [0.25, 0.3) is 0 Å². The number of rotatable bonds is 0. The third kappa shape index (κ3) is 1.97. The standard InChI is InChI=1S/C6H10BrNO/c7-5-3-1-2-4-8-6(5)9/h5H,1-4H2,(H,8,9)/t5-/m1/s1. The number of alkyl halides is 1. The molecule has 1 heterocycles. The van der Waals surface area contributed by atoms with E-state index in [1.807, 2.05) is 0 Å². The fourth-order valence-electron chi connectivity index (χ4n) is 0.902. The van der Waals surface area contributed by atoms with Crippen LogP contribution in [-0.2, 0) is 4.79 Å². The molecule has 52 valence electrons. The molecule has 0 aromatic heterocycles. The van der Waals surface area contributed by atoms with Gasteiger partial charge in [0.2, 0.25) is 5.91 Å². The number of hydrogen-bond donors (Lipinski definition) is 1. The van der Waals surface area contributed by atoms with Crippen molar-refractivity contribution in [3.8, 4) is 0 Å². The molecule has 0 aromatic rings. The Kier molecular flexibility index (Phi) is 2.51. The number of halogens is 1. The topological polar surface area (TPSA) is 29.1 Å². The van der Waals surface area contributed by atoms with Crippen LogP contribution >= 0.6 is 15.9 Å². The molecule has 2 nitrogen and oxygen atoms in total. The predicted molar refractivity (Wildman–Crippen MR) is 39.6 cm³/mol. The van der Waals surface area contributed by atoms with Gasteiger partial charge in [-0.3, -0.25) is 4.79 Å². The van der Waals surface area contributed by atoms with Gasteiger partial charge in [0, 0.05) is 6.54 Å². The Morgan fingerprint density at radius 3 is 3.11 bits per heavy atom. The first kappa shape index (κ1) is 7.06. The van der Waals surface area contributed by atoms with Crippen molar-refractivity contribution in [1.29, 1.82) is 0 Å². The zero-order valence-corrected chi connectivity index (χ0v) is 6.78. The highest BCUT2D eigenvalue weighted by Crippen LogP contribution is 2.12. The first-order valence-corrected chi connectivity index (χ1v) is 4.14. The first-order valence-electron chi connectivity index (χ1n) is 3.22. The fourth-order valence-corrected chi connectivity index (χ4v) is 1.39. The number of nitrogens with one attached hydrogen (secondary N) is 1. The van der Waals surface area contributed by atoms with E-state index < -0.39 is 0 Å². The summed E-state index contributed by atoms with van der Waals surface area (Å²) in [5, 5.41) is 2.81. The van der Waals surface area contributed by atoms with Crippen molar-refractivity contribution in [2.75, 3.05) is 6.54 Å². The van der Waals surface area contributed by atoms with Gasteiger partial charge in [0.1, 0.15) is 0 Å². The molecule has 1 saturated heterocycles. The summed E-state index contributed by atoms with van der Waals surface area (Å²) < 4.78 is 0. The van der Waals surface area contributed by atoms with Crippen molar-refractivity contribution < 1.29 is 4.79 Å². The maximum atomic E-state index is 10.9. The average molecular weight is 192 g/mol. The summed E-state index contributed by atoms with van der Waals surface area (Å²) in [7, 11) is 0. The predicted octanol–water partition coefficient (Wildman–Crippen LogP) is 1.05. The van der Waals surface area contributed by atoms with Gasteiger partial charge < -0.3 is 5.32 Å². The second-order valence-electron chi connectivity index (χ2n) is 2.25. The molecular formula is C6H10BrNO. The molecule has 9 heavy (non-hydrogen) atoms. The minimum Gasteiger partial charge on any atom is -0.355 e. The normalized spacial score (nSPS) is 29.0. The lowest BCUT2D eigenvalue weighted by atomic mass is 10.2. The molecule has 0 spiro atoms. The minimum absolute atomic E-state index is 0.0556. The van der Waals surface area contributed by atoms with E-state index in [1.54, 1.807) is 0 Å². The molecular weight excluding hydrogens is 182 g/mol. The van der Waals surface area contributed by atoms with Gasteiger partial charge in [-0.15, -0.1) is 0 Å². The van der Waals surface area contributed by atoms with Crippen LogP contribution in [0.25, 0.3) is 0 Å². The Morgan fingerprint density at radius 2 is 2.33 bits per heavy atom. The molecule has 0 radical (unpaired) electrons. The van der Waals surface area contributed by atoms with E-state index in [4.69, 9.17) is 0 Å². The van der Waals surface area contributed by atoms with Gasteiger partial charge in [-0.05, 0) is 12.8 Å². The van der Waals surface area contributed by atoms with Crippen molar-refractivity contribution in [2.24, 2.45) is 0 Å². The van der Waals surface area contributed by atoms with Gasteiger partial charge in [-0.1, -0.05) is 22.4 Å². The maximum absolute atomic E-state index is 10.9. The molecule has 1 atom stereocenters. The Balaban J connectivity index is 2.41. The summed E-state index contributed by atoms with van der Waals surface area (Å²) in [6.07, 6.45) is 3.24. The summed E-state index contributed by atoms with van der Waals surface area (Å²) in [4.78, 5) is 10.9. The van der Waals surface area contributed by atoms with E-state index in [0.29, 0.717) is 0 Å². The molecule has 1 fully saturated rings. The van der Waals surface area contributed by atoms with Gasteiger partial charge in [-0.25, -0.2) is 0 Å². The van der Waals surface area contributed by atoms with Gasteiger partial charge in [0.15, 0.2) is 0 Å². The summed E-state index contributed by atoms with van der Waals surface area (Å²) in [6, 6.07) is 0. The van der Waals surface area contributed by atoms with Crippen molar-refractivity contribution in [1.82, 2.24) is 5.32 Å². The minimum atomic E-state index is 0.0556. The van der Waals surface area contributed by atoms with E-state index in [0.717, 1.165) is 25.8 Å². The highest BCUT2D eigenvalue weighted by molar-refractivity contribution is 9.10. The number of hydrogen-bond acceptors (Lipinski definition) is 1. The van der Waals surface area contributed by atoms with Crippen molar-refractivity contribution in [3.05, 3.63) is 0 Å². The van der Waals surface area contributed by atoms with Crippen LogP contribution in [0.1, 0.15) is 19.3 Å². The molecule has 1 aliphatic rings. The molecule has 0 aromatic carbocycles. The molecule has 0 aliphatic carbocycles. The van der Waals surface area contributed by atoms with E-state index in [1.165, 1.54) is 0 Å². The monoisotopic (exact) mass is 191 g/mol. The molecule has 0 unspecified atom stereocenters. The van der Waals surface area contributed by atoms with Crippen LogP contribution in [0, 0.1) is 0 Å². The smallest absolute Gasteiger partial charge is 0.233 e. The zero-order valence-electron chi connectivity index (χ0n) is 5.19. The second-order valence-corrected chi connectivity index (χ2v) is 3.36. The van der Waals surface area contributed by atoms with Crippen LogP contribution in [0.3, 0.4) is 0 Å². The summed E-state index contributed by atoms with van der Waals surface area (Å²) >= 11 is 3.29. The number of carbonyl (C=O) groups excluding carboxylic acids is 1. The van der Waals surface area contributed by atoms with Gasteiger partial charge in [-0.2, -0.15) is 0 Å².